The number of fused-ring (bicyclic) bond motifs is 3. The van der Waals surface area contributed by atoms with Gasteiger partial charge >= 0.3 is 0 Å². The van der Waals surface area contributed by atoms with Crippen LogP contribution in [0.5, 0.6) is 17.2 Å². The summed E-state index contributed by atoms with van der Waals surface area (Å²) in [4.78, 5) is 3.98. The smallest absolute Gasteiger partial charge is 0.203 e. The molecule has 0 spiro atoms. The lowest BCUT2D eigenvalue weighted by Crippen LogP contribution is -2.40. The molecule has 0 saturated heterocycles. The Morgan fingerprint density at radius 3 is 2.29 bits per heavy atom. The summed E-state index contributed by atoms with van der Waals surface area (Å²) in [6.45, 7) is 3.95. The van der Waals surface area contributed by atoms with Crippen LogP contribution in [0, 0.1) is 0 Å². The molecule has 0 aliphatic carbocycles. The standard InChI is InChI=1S/C28H28ClNO3S/c1-17-26(19-8-6-5-7-9-19)28-22(21-14-20(29)10-11-25(21)34-28)16-30(17)15-18-12-23(31-2)27(33-4)24(13-18)32-3/h5-14,17,26H,15-16H2,1-4H3. The summed E-state index contributed by atoms with van der Waals surface area (Å²) in [6, 6.07) is 21.5. The lowest BCUT2D eigenvalue weighted by atomic mass is 9.84. The van der Waals surface area contributed by atoms with Crippen LogP contribution in [0.1, 0.15) is 34.4 Å². The van der Waals surface area contributed by atoms with Crippen molar-refractivity contribution in [1.82, 2.24) is 4.90 Å². The summed E-state index contributed by atoms with van der Waals surface area (Å²) in [5.74, 6) is 2.25. The molecule has 0 N–H and O–H groups in total. The Balaban J connectivity index is 1.60. The fourth-order valence-corrected chi connectivity index (χ4v) is 6.68. The molecule has 1 aromatic heterocycles. The van der Waals surface area contributed by atoms with E-state index in [2.05, 4.69) is 54.3 Å². The Labute approximate surface area is 209 Å². The molecule has 4 nitrogen and oxygen atoms in total. The molecule has 2 heterocycles. The zero-order valence-corrected chi connectivity index (χ0v) is 21.4. The van der Waals surface area contributed by atoms with Crippen molar-refractivity contribution in [3.8, 4) is 17.2 Å². The molecule has 4 aromatic rings. The van der Waals surface area contributed by atoms with E-state index < -0.39 is 0 Å². The van der Waals surface area contributed by atoms with Gasteiger partial charge in [-0.1, -0.05) is 41.9 Å². The van der Waals surface area contributed by atoms with E-state index >= 15 is 0 Å². The maximum Gasteiger partial charge on any atom is 0.203 e. The SMILES string of the molecule is COc1cc(CN2Cc3c(sc4ccc(Cl)cc34)C(c3ccccc3)C2C)cc(OC)c1OC. The van der Waals surface area contributed by atoms with E-state index in [4.69, 9.17) is 25.8 Å². The van der Waals surface area contributed by atoms with Gasteiger partial charge in [0.05, 0.1) is 21.3 Å². The van der Waals surface area contributed by atoms with Gasteiger partial charge in [-0.15, -0.1) is 11.3 Å². The monoisotopic (exact) mass is 493 g/mol. The average Bonchev–Trinajstić information content (AvgIpc) is 3.21. The van der Waals surface area contributed by atoms with Crippen LogP contribution in [-0.4, -0.2) is 32.3 Å². The maximum absolute atomic E-state index is 6.41. The highest BCUT2D eigenvalue weighted by molar-refractivity contribution is 7.19. The van der Waals surface area contributed by atoms with Crippen LogP contribution >= 0.6 is 22.9 Å². The first-order valence-electron chi connectivity index (χ1n) is 11.3. The van der Waals surface area contributed by atoms with E-state index in [9.17, 15) is 0 Å². The van der Waals surface area contributed by atoms with Crippen LogP contribution in [-0.2, 0) is 13.1 Å². The second-order valence-corrected chi connectivity index (χ2v) is 10.2. The largest absolute Gasteiger partial charge is 0.493 e. The molecule has 1 aliphatic rings. The molecule has 176 valence electrons. The molecule has 0 fully saturated rings. The van der Waals surface area contributed by atoms with Crippen molar-refractivity contribution in [3.05, 3.63) is 87.3 Å². The zero-order valence-electron chi connectivity index (χ0n) is 19.8. The van der Waals surface area contributed by atoms with Gasteiger partial charge < -0.3 is 14.2 Å². The van der Waals surface area contributed by atoms with E-state index in [0.29, 0.717) is 23.3 Å². The van der Waals surface area contributed by atoms with Gasteiger partial charge in [0.1, 0.15) is 0 Å². The van der Waals surface area contributed by atoms with Crippen molar-refractivity contribution in [2.24, 2.45) is 0 Å². The van der Waals surface area contributed by atoms with E-state index in [-0.39, 0.29) is 5.92 Å². The summed E-state index contributed by atoms with van der Waals surface area (Å²) in [5.41, 5.74) is 3.83. The molecule has 2 unspecified atom stereocenters. The molecule has 3 aromatic carbocycles. The fraction of sp³-hybridized carbons (Fsp3) is 0.286. The van der Waals surface area contributed by atoms with Gasteiger partial charge in [-0.25, -0.2) is 0 Å². The molecule has 1 aliphatic heterocycles. The Morgan fingerprint density at radius 1 is 0.941 bits per heavy atom. The minimum Gasteiger partial charge on any atom is -0.493 e. The van der Waals surface area contributed by atoms with Gasteiger partial charge in [0.25, 0.3) is 0 Å². The van der Waals surface area contributed by atoms with Crippen LogP contribution in [0.25, 0.3) is 10.1 Å². The normalized spacial score (nSPS) is 18.0. The summed E-state index contributed by atoms with van der Waals surface area (Å²) >= 11 is 8.31. The van der Waals surface area contributed by atoms with E-state index in [0.717, 1.165) is 23.7 Å². The van der Waals surface area contributed by atoms with E-state index in [1.807, 2.05) is 29.5 Å². The van der Waals surface area contributed by atoms with Crippen LogP contribution in [0.15, 0.2) is 60.7 Å². The van der Waals surface area contributed by atoms with Crippen molar-refractivity contribution in [1.29, 1.82) is 0 Å². The van der Waals surface area contributed by atoms with Gasteiger partial charge in [0.2, 0.25) is 5.75 Å². The Kier molecular flexibility index (Phi) is 6.43. The number of nitrogens with zero attached hydrogens (tertiary/aromatic N) is 1. The third-order valence-electron chi connectivity index (χ3n) is 6.75. The quantitative estimate of drug-likeness (QED) is 0.286. The summed E-state index contributed by atoms with van der Waals surface area (Å²) < 4.78 is 18.0. The molecule has 34 heavy (non-hydrogen) atoms. The number of rotatable bonds is 6. The van der Waals surface area contributed by atoms with Gasteiger partial charge in [0.15, 0.2) is 11.5 Å². The summed E-state index contributed by atoms with van der Waals surface area (Å²) in [7, 11) is 4.94. The van der Waals surface area contributed by atoms with Crippen molar-refractivity contribution < 1.29 is 14.2 Å². The Bertz CT molecular complexity index is 1300. The van der Waals surface area contributed by atoms with E-state index in [1.165, 1.54) is 26.1 Å². The number of hydrogen-bond acceptors (Lipinski definition) is 5. The minimum atomic E-state index is 0.281. The van der Waals surface area contributed by atoms with E-state index in [1.54, 1.807) is 21.3 Å². The summed E-state index contributed by atoms with van der Waals surface area (Å²) in [6.07, 6.45) is 0. The fourth-order valence-electron chi connectivity index (χ4n) is 5.08. The Hall–Kier alpha value is -2.73. The van der Waals surface area contributed by atoms with Crippen molar-refractivity contribution in [2.45, 2.75) is 32.0 Å². The topological polar surface area (TPSA) is 30.9 Å². The first-order chi connectivity index (χ1) is 16.5. The van der Waals surface area contributed by atoms with Gasteiger partial charge in [0, 0.05) is 39.6 Å². The number of benzene rings is 3. The van der Waals surface area contributed by atoms with Crippen LogP contribution in [0.2, 0.25) is 5.02 Å². The molecule has 0 amide bonds. The second-order valence-electron chi connectivity index (χ2n) is 8.65. The number of methoxy groups -OCH3 is 3. The Morgan fingerprint density at radius 2 is 1.65 bits per heavy atom. The third kappa shape index (κ3) is 4.02. The number of hydrogen-bond donors (Lipinski definition) is 0. The molecule has 0 bridgehead atoms. The molecule has 5 rings (SSSR count). The average molecular weight is 494 g/mol. The molecular formula is C28H28ClNO3S. The predicted molar refractivity (Wildman–Crippen MR) is 140 cm³/mol. The van der Waals surface area contributed by atoms with Crippen molar-refractivity contribution in [2.75, 3.05) is 21.3 Å². The number of ether oxygens (including phenoxy) is 3. The van der Waals surface area contributed by atoms with Crippen LogP contribution in [0.4, 0.5) is 0 Å². The van der Waals surface area contributed by atoms with Gasteiger partial charge in [-0.05, 0) is 59.3 Å². The molecule has 6 heteroatoms. The van der Waals surface area contributed by atoms with Crippen LogP contribution in [0.3, 0.4) is 0 Å². The lowest BCUT2D eigenvalue weighted by molar-refractivity contribution is 0.162. The maximum atomic E-state index is 6.41. The molecule has 2 atom stereocenters. The number of thiophene rings is 1. The highest BCUT2D eigenvalue weighted by Crippen LogP contribution is 2.47. The van der Waals surface area contributed by atoms with Crippen molar-refractivity contribution in [3.63, 3.8) is 0 Å². The first-order valence-corrected chi connectivity index (χ1v) is 12.5. The minimum absolute atomic E-state index is 0.281. The second kappa shape index (κ2) is 9.49. The van der Waals surface area contributed by atoms with Gasteiger partial charge in [-0.2, -0.15) is 0 Å². The summed E-state index contributed by atoms with van der Waals surface area (Å²) in [5, 5.41) is 2.04. The highest BCUT2D eigenvalue weighted by Gasteiger charge is 2.36. The molecular weight excluding hydrogens is 466 g/mol. The van der Waals surface area contributed by atoms with Crippen molar-refractivity contribution >= 4 is 33.0 Å². The first kappa shape index (κ1) is 23.0. The number of halogens is 1. The van der Waals surface area contributed by atoms with Gasteiger partial charge in [-0.3, -0.25) is 4.90 Å². The highest BCUT2D eigenvalue weighted by atomic mass is 35.5. The predicted octanol–water partition coefficient (Wildman–Crippen LogP) is 7.12. The molecule has 0 saturated carbocycles. The third-order valence-corrected chi connectivity index (χ3v) is 8.29. The zero-order chi connectivity index (χ0) is 23.8. The van der Waals surface area contributed by atoms with Crippen LogP contribution < -0.4 is 14.2 Å². The molecule has 0 radical (unpaired) electrons. The lowest BCUT2D eigenvalue weighted by Gasteiger charge is -2.40.